The predicted molar refractivity (Wildman–Crippen MR) is 99.2 cm³/mol. The molecule has 0 unspecified atom stereocenters. The Kier molecular flexibility index (Phi) is 3.03. The summed E-state index contributed by atoms with van der Waals surface area (Å²) in [6, 6.07) is 17.4. The fourth-order valence-corrected chi connectivity index (χ4v) is 4.00. The summed E-state index contributed by atoms with van der Waals surface area (Å²) in [5, 5.41) is 14.9. The van der Waals surface area contributed by atoms with E-state index in [0.717, 1.165) is 27.5 Å². The number of ether oxygens (including phenoxy) is 2. The van der Waals surface area contributed by atoms with Crippen LogP contribution >= 0.6 is 11.3 Å². The highest BCUT2D eigenvalue weighted by molar-refractivity contribution is 7.16. The van der Waals surface area contributed by atoms with Crippen LogP contribution < -0.4 is 9.47 Å². The standard InChI is InChI=1S/C19H12N4O3S/c1-2-6-12-11(5-1)9-15(25-12)17-20-21-19-23(17)22-18(27-19)16-10-24-13-7-3-4-8-14(13)26-16/h1-9,16H,10H2/t16-/m0/s1. The zero-order valence-corrected chi connectivity index (χ0v) is 14.7. The van der Waals surface area contributed by atoms with Crippen LogP contribution in [-0.2, 0) is 0 Å². The molecule has 5 aromatic rings. The Balaban J connectivity index is 1.39. The third-order valence-electron chi connectivity index (χ3n) is 4.44. The summed E-state index contributed by atoms with van der Waals surface area (Å²) < 4.78 is 19.4. The molecule has 0 aliphatic carbocycles. The van der Waals surface area contributed by atoms with Crippen LogP contribution in [0.15, 0.2) is 59.0 Å². The molecule has 1 aliphatic heterocycles. The van der Waals surface area contributed by atoms with Gasteiger partial charge in [-0.25, -0.2) is 0 Å². The molecule has 0 spiro atoms. The molecule has 0 saturated carbocycles. The molecule has 0 fully saturated rings. The molecule has 0 N–H and O–H groups in total. The van der Waals surface area contributed by atoms with Crippen LogP contribution in [0.3, 0.4) is 0 Å². The van der Waals surface area contributed by atoms with Crippen molar-refractivity contribution in [2.45, 2.75) is 6.10 Å². The Labute approximate surface area is 156 Å². The fraction of sp³-hybridized carbons (Fsp3) is 0.105. The van der Waals surface area contributed by atoms with Crippen molar-refractivity contribution >= 4 is 27.3 Å². The molecular formula is C19H12N4O3S. The summed E-state index contributed by atoms with van der Waals surface area (Å²) in [6.45, 7) is 0.404. The van der Waals surface area contributed by atoms with E-state index in [4.69, 9.17) is 13.9 Å². The van der Waals surface area contributed by atoms with Gasteiger partial charge in [-0.1, -0.05) is 41.7 Å². The van der Waals surface area contributed by atoms with E-state index in [1.807, 2.05) is 54.6 Å². The van der Waals surface area contributed by atoms with Gasteiger partial charge in [-0.3, -0.25) is 0 Å². The Morgan fingerprint density at radius 2 is 1.85 bits per heavy atom. The zero-order valence-electron chi connectivity index (χ0n) is 13.9. The van der Waals surface area contributed by atoms with Crippen molar-refractivity contribution in [1.82, 2.24) is 19.8 Å². The van der Waals surface area contributed by atoms with Crippen molar-refractivity contribution in [2.24, 2.45) is 0 Å². The molecule has 3 aromatic heterocycles. The lowest BCUT2D eigenvalue weighted by Crippen LogP contribution is -2.21. The average Bonchev–Trinajstić information content (AvgIpc) is 3.40. The first kappa shape index (κ1) is 14.7. The number of para-hydroxylation sites is 3. The molecular weight excluding hydrogens is 364 g/mol. The summed E-state index contributed by atoms with van der Waals surface area (Å²) in [4.78, 5) is 0.683. The highest BCUT2D eigenvalue weighted by Gasteiger charge is 2.27. The number of hydrogen-bond acceptors (Lipinski definition) is 7. The minimum Gasteiger partial charge on any atom is -0.485 e. The molecule has 27 heavy (non-hydrogen) atoms. The van der Waals surface area contributed by atoms with E-state index in [9.17, 15) is 0 Å². The van der Waals surface area contributed by atoms with Crippen molar-refractivity contribution in [1.29, 1.82) is 0 Å². The van der Waals surface area contributed by atoms with E-state index in [0.29, 0.717) is 23.2 Å². The Morgan fingerprint density at radius 3 is 2.78 bits per heavy atom. The molecule has 2 aromatic carbocycles. The number of furan rings is 1. The molecule has 4 heterocycles. The molecule has 0 bridgehead atoms. The monoisotopic (exact) mass is 376 g/mol. The lowest BCUT2D eigenvalue weighted by atomic mass is 10.2. The minimum atomic E-state index is -0.282. The number of benzene rings is 2. The smallest absolute Gasteiger partial charge is 0.235 e. The van der Waals surface area contributed by atoms with Crippen molar-refractivity contribution in [3.63, 3.8) is 0 Å². The van der Waals surface area contributed by atoms with Crippen molar-refractivity contribution in [3.8, 4) is 23.1 Å². The maximum atomic E-state index is 6.05. The predicted octanol–water partition coefficient (Wildman–Crippen LogP) is 4.11. The number of rotatable bonds is 2. The number of fused-ring (bicyclic) bond motifs is 3. The van der Waals surface area contributed by atoms with Gasteiger partial charge in [0.05, 0.1) is 0 Å². The van der Waals surface area contributed by atoms with E-state index in [-0.39, 0.29) is 6.10 Å². The van der Waals surface area contributed by atoms with Gasteiger partial charge in [0.2, 0.25) is 10.8 Å². The fourth-order valence-electron chi connectivity index (χ4n) is 3.15. The quantitative estimate of drug-likeness (QED) is 0.462. The maximum absolute atomic E-state index is 6.05. The number of hydrogen-bond donors (Lipinski definition) is 0. The van der Waals surface area contributed by atoms with Crippen LogP contribution in [0, 0.1) is 0 Å². The first-order valence-electron chi connectivity index (χ1n) is 8.45. The van der Waals surface area contributed by atoms with Gasteiger partial charge in [-0.05, 0) is 24.3 Å². The van der Waals surface area contributed by atoms with Crippen LogP contribution in [0.2, 0.25) is 0 Å². The molecule has 6 rings (SSSR count). The van der Waals surface area contributed by atoms with E-state index in [1.165, 1.54) is 11.3 Å². The van der Waals surface area contributed by atoms with Crippen LogP contribution in [0.25, 0.3) is 27.5 Å². The second-order valence-electron chi connectivity index (χ2n) is 6.17. The highest BCUT2D eigenvalue weighted by atomic mass is 32.1. The van der Waals surface area contributed by atoms with E-state index < -0.39 is 0 Å². The van der Waals surface area contributed by atoms with Gasteiger partial charge < -0.3 is 13.9 Å². The van der Waals surface area contributed by atoms with Gasteiger partial charge in [0.15, 0.2) is 28.4 Å². The van der Waals surface area contributed by atoms with Crippen molar-refractivity contribution in [3.05, 3.63) is 59.6 Å². The largest absolute Gasteiger partial charge is 0.485 e. The summed E-state index contributed by atoms with van der Waals surface area (Å²) in [6.07, 6.45) is -0.282. The first-order chi connectivity index (χ1) is 13.3. The Morgan fingerprint density at radius 1 is 1.00 bits per heavy atom. The lowest BCUT2D eigenvalue weighted by Gasteiger charge is -2.24. The third kappa shape index (κ3) is 2.30. The summed E-state index contributed by atoms with van der Waals surface area (Å²) >= 11 is 1.43. The number of aromatic nitrogens is 4. The van der Waals surface area contributed by atoms with Gasteiger partial charge in [0.1, 0.15) is 12.2 Å². The Bertz CT molecular complexity index is 1260. The molecule has 0 amide bonds. The average molecular weight is 376 g/mol. The van der Waals surface area contributed by atoms with Gasteiger partial charge in [0, 0.05) is 5.39 Å². The topological polar surface area (TPSA) is 74.7 Å². The molecule has 1 atom stereocenters. The number of nitrogens with zero attached hydrogens (tertiary/aromatic N) is 4. The van der Waals surface area contributed by atoms with Gasteiger partial charge in [-0.2, -0.15) is 9.61 Å². The molecule has 1 aliphatic rings. The van der Waals surface area contributed by atoms with E-state index in [2.05, 4.69) is 15.3 Å². The molecule has 0 saturated heterocycles. The lowest BCUT2D eigenvalue weighted by molar-refractivity contribution is 0.0904. The second kappa shape index (κ2) is 5.55. The van der Waals surface area contributed by atoms with Gasteiger partial charge in [-0.15, -0.1) is 10.2 Å². The third-order valence-corrected chi connectivity index (χ3v) is 5.43. The minimum absolute atomic E-state index is 0.282. The SMILES string of the molecule is c1ccc2c(c1)OC[C@@H](c1nn3c(-c4cc5ccccc5o4)nnc3s1)O2. The van der Waals surface area contributed by atoms with Crippen LogP contribution in [0.1, 0.15) is 11.1 Å². The molecule has 0 radical (unpaired) electrons. The summed E-state index contributed by atoms with van der Waals surface area (Å²) in [5.74, 6) is 2.67. The van der Waals surface area contributed by atoms with Crippen molar-refractivity contribution in [2.75, 3.05) is 6.61 Å². The highest BCUT2D eigenvalue weighted by Crippen LogP contribution is 2.37. The second-order valence-corrected chi connectivity index (χ2v) is 7.16. The molecule has 8 heteroatoms. The Hall–Kier alpha value is -3.39. The van der Waals surface area contributed by atoms with Crippen molar-refractivity contribution < 1.29 is 13.9 Å². The van der Waals surface area contributed by atoms with Crippen LogP contribution in [-0.4, -0.2) is 26.4 Å². The zero-order chi connectivity index (χ0) is 17.8. The molecule has 132 valence electrons. The molecule has 7 nitrogen and oxygen atoms in total. The van der Waals surface area contributed by atoms with E-state index >= 15 is 0 Å². The normalized spacial score (nSPS) is 16.2. The van der Waals surface area contributed by atoms with Crippen LogP contribution in [0.5, 0.6) is 11.5 Å². The first-order valence-corrected chi connectivity index (χ1v) is 9.26. The van der Waals surface area contributed by atoms with Crippen LogP contribution in [0.4, 0.5) is 0 Å². The summed E-state index contributed by atoms with van der Waals surface area (Å²) in [5.41, 5.74) is 0.806. The summed E-state index contributed by atoms with van der Waals surface area (Å²) in [7, 11) is 0. The maximum Gasteiger partial charge on any atom is 0.235 e. The van der Waals surface area contributed by atoms with Gasteiger partial charge >= 0.3 is 0 Å². The van der Waals surface area contributed by atoms with Gasteiger partial charge in [0.25, 0.3) is 0 Å². The van der Waals surface area contributed by atoms with E-state index in [1.54, 1.807) is 4.52 Å².